The molecule has 118 valence electrons. The van der Waals surface area contributed by atoms with E-state index in [1.807, 2.05) is 6.07 Å². The van der Waals surface area contributed by atoms with Crippen molar-refractivity contribution < 1.29 is 4.39 Å². The summed E-state index contributed by atoms with van der Waals surface area (Å²) in [6, 6.07) is 3.54. The lowest BCUT2D eigenvalue weighted by molar-refractivity contribution is 0.296. The summed E-state index contributed by atoms with van der Waals surface area (Å²) in [5.74, 6) is 0.606. The molecule has 0 bridgehead atoms. The van der Waals surface area contributed by atoms with Gasteiger partial charge < -0.3 is 10.2 Å². The van der Waals surface area contributed by atoms with Gasteiger partial charge in [-0.3, -0.25) is 4.98 Å². The number of likely N-dealkylation sites (tertiary alicyclic amines) is 1. The third-order valence-electron chi connectivity index (χ3n) is 4.43. The molecule has 0 aromatic carbocycles. The Labute approximate surface area is 127 Å². The average Bonchev–Trinajstić information content (AvgIpc) is 2.97. The molecule has 4 heteroatoms. The van der Waals surface area contributed by atoms with Crippen LogP contribution in [0.5, 0.6) is 0 Å². The summed E-state index contributed by atoms with van der Waals surface area (Å²) < 4.78 is 13.0. The number of nitrogens with zero attached hydrogens (tertiary/aromatic N) is 2. The lowest BCUT2D eigenvalue weighted by Crippen LogP contribution is -2.29. The molecular formula is C17H28FN3. The van der Waals surface area contributed by atoms with Crippen LogP contribution in [0.25, 0.3) is 0 Å². The molecule has 2 rings (SSSR count). The zero-order chi connectivity index (χ0) is 15.1. The Bertz CT molecular complexity index is 407. The first-order chi connectivity index (χ1) is 10.2. The minimum Gasteiger partial charge on any atom is -0.309 e. The second-order valence-corrected chi connectivity index (χ2v) is 6.06. The first-order valence-corrected chi connectivity index (χ1v) is 8.30. The second-order valence-electron chi connectivity index (χ2n) is 6.06. The number of aromatic nitrogens is 1. The Kier molecular flexibility index (Phi) is 6.58. The molecule has 2 heterocycles. The molecule has 0 amide bonds. The van der Waals surface area contributed by atoms with Gasteiger partial charge in [0.2, 0.25) is 0 Å². The van der Waals surface area contributed by atoms with E-state index in [4.69, 9.17) is 0 Å². The third-order valence-corrected chi connectivity index (χ3v) is 4.43. The molecule has 1 aromatic heterocycles. The van der Waals surface area contributed by atoms with Crippen LogP contribution in [-0.2, 0) is 0 Å². The van der Waals surface area contributed by atoms with Crippen molar-refractivity contribution in [1.82, 2.24) is 15.2 Å². The van der Waals surface area contributed by atoms with E-state index in [9.17, 15) is 4.39 Å². The van der Waals surface area contributed by atoms with E-state index in [2.05, 4.69) is 29.0 Å². The summed E-state index contributed by atoms with van der Waals surface area (Å²) >= 11 is 0. The van der Waals surface area contributed by atoms with Crippen LogP contribution in [0.2, 0.25) is 0 Å². The molecule has 1 aliphatic rings. The van der Waals surface area contributed by atoms with Crippen LogP contribution >= 0.6 is 0 Å². The molecule has 1 aliphatic heterocycles. The monoisotopic (exact) mass is 293 g/mol. The van der Waals surface area contributed by atoms with Gasteiger partial charge in [-0.1, -0.05) is 20.3 Å². The highest BCUT2D eigenvalue weighted by Crippen LogP contribution is 2.21. The second kappa shape index (κ2) is 8.44. The summed E-state index contributed by atoms with van der Waals surface area (Å²) in [6.07, 6.45) is 6.07. The molecule has 2 atom stereocenters. The van der Waals surface area contributed by atoms with Gasteiger partial charge in [0.25, 0.3) is 0 Å². The van der Waals surface area contributed by atoms with Gasteiger partial charge in [-0.2, -0.15) is 0 Å². The minimum atomic E-state index is -0.265. The van der Waals surface area contributed by atoms with Crippen LogP contribution in [0, 0.1) is 11.7 Å². The average molecular weight is 293 g/mol. The van der Waals surface area contributed by atoms with Gasteiger partial charge in [-0.05, 0) is 50.4 Å². The molecule has 0 aliphatic carbocycles. The van der Waals surface area contributed by atoms with Crippen molar-refractivity contribution in [3.8, 4) is 0 Å². The molecule has 1 N–H and O–H groups in total. The highest BCUT2D eigenvalue weighted by atomic mass is 19.1. The zero-order valence-corrected chi connectivity index (χ0v) is 13.3. The van der Waals surface area contributed by atoms with Crippen molar-refractivity contribution in [2.45, 2.75) is 45.6 Å². The fourth-order valence-electron chi connectivity index (χ4n) is 3.03. The Morgan fingerprint density at radius 1 is 1.43 bits per heavy atom. The first kappa shape index (κ1) is 16.4. The highest BCUT2D eigenvalue weighted by molar-refractivity contribution is 5.10. The molecule has 21 heavy (non-hydrogen) atoms. The van der Waals surface area contributed by atoms with Crippen molar-refractivity contribution in [3.63, 3.8) is 0 Å². The number of halogens is 1. The van der Waals surface area contributed by atoms with Gasteiger partial charge in [0.1, 0.15) is 5.82 Å². The van der Waals surface area contributed by atoms with Gasteiger partial charge in [-0.25, -0.2) is 4.39 Å². The van der Waals surface area contributed by atoms with Crippen LogP contribution in [0.3, 0.4) is 0 Å². The maximum atomic E-state index is 13.0. The van der Waals surface area contributed by atoms with E-state index in [-0.39, 0.29) is 11.9 Å². The molecule has 1 fully saturated rings. The topological polar surface area (TPSA) is 28.2 Å². The molecule has 0 radical (unpaired) electrons. The summed E-state index contributed by atoms with van der Waals surface area (Å²) in [6.45, 7) is 8.96. The lowest BCUT2D eigenvalue weighted by atomic mass is 10.1. The van der Waals surface area contributed by atoms with Crippen LogP contribution in [-0.4, -0.2) is 36.1 Å². The Morgan fingerprint density at radius 3 is 2.90 bits per heavy atom. The van der Waals surface area contributed by atoms with Crippen molar-refractivity contribution in [1.29, 1.82) is 0 Å². The normalized spacial score (nSPS) is 20.8. The van der Waals surface area contributed by atoms with Gasteiger partial charge >= 0.3 is 0 Å². The van der Waals surface area contributed by atoms with Gasteiger partial charge in [-0.15, -0.1) is 0 Å². The van der Waals surface area contributed by atoms with Crippen LogP contribution in [0.1, 0.15) is 51.3 Å². The van der Waals surface area contributed by atoms with Crippen molar-refractivity contribution in [2.75, 3.05) is 26.2 Å². The van der Waals surface area contributed by atoms with Gasteiger partial charge in [0.05, 0.1) is 17.9 Å². The smallest absolute Gasteiger partial charge is 0.141 e. The van der Waals surface area contributed by atoms with E-state index in [1.165, 1.54) is 38.2 Å². The number of hydrogen-bond acceptors (Lipinski definition) is 3. The quantitative estimate of drug-likeness (QED) is 0.796. The van der Waals surface area contributed by atoms with E-state index < -0.39 is 0 Å². The lowest BCUT2D eigenvalue weighted by Gasteiger charge is -2.22. The summed E-state index contributed by atoms with van der Waals surface area (Å²) in [4.78, 5) is 6.81. The van der Waals surface area contributed by atoms with Crippen molar-refractivity contribution in [2.24, 2.45) is 5.92 Å². The number of nitrogens with one attached hydrogen (secondary N) is 1. The van der Waals surface area contributed by atoms with Crippen LogP contribution in [0.15, 0.2) is 18.3 Å². The minimum absolute atomic E-state index is 0.228. The zero-order valence-electron chi connectivity index (χ0n) is 13.3. The fourth-order valence-corrected chi connectivity index (χ4v) is 3.03. The van der Waals surface area contributed by atoms with Crippen LogP contribution in [0.4, 0.5) is 4.39 Å². The molecule has 0 saturated carbocycles. The fraction of sp³-hybridized carbons (Fsp3) is 0.706. The molecule has 1 saturated heterocycles. The predicted molar refractivity (Wildman–Crippen MR) is 84.7 cm³/mol. The van der Waals surface area contributed by atoms with E-state index >= 15 is 0 Å². The Hall–Kier alpha value is -1.00. The maximum Gasteiger partial charge on any atom is 0.141 e. The number of rotatable bonds is 8. The maximum absolute atomic E-state index is 13.0. The predicted octanol–water partition coefficient (Wildman–Crippen LogP) is 3.38. The molecule has 3 nitrogen and oxygen atoms in total. The number of hydrogen-bond donors (Lipinski definition) is 1. The van der Waals surface area contributed by atoms with Crippen molar-refractivity contribution >= 4 is 0 Å². The molecule has 1 aromatic rings. The molecule has 2 unspecified atom stereocenters. The van der Waals surface area contributed by atoms with E-state index in [0.717, 1.165) is 37.5 Å². The van der Waals surface area contributed by atoms with Gasteiger partial charge in [0.15, 0.2) is 0 Å². The standard InChI is InChI=1S/C17H28FN3/c1-3-9-19-17(16-6-5-15(18)12-20-16)8-11-21-10-7-14(4-2)13-21/h5-6,12,14,17,19H,3-4,7-11,13H2,1-2H3. The summed E-state index contributed by atoms with van der Waals surface area (Å²) in [5.41, 5.74) is 0.955. The first-order valence-electron chi connectivity index (χ1n) is 8.30. The SMILES string of the molecule is CCCNC(CCN1CCC(CC)C1)c1ccc(F)cn1. The van der Waals surface area contributed by atoms with Crippen molar-refractivity contribution in [3.05, 3.63) is 29.8 Å². The molecular weight excluding hydrogens is 265 g/mol. The number of pyridine rings is 1. The van der Waals surface area contributed by atoms with Gasteiger partial charge in [0, 0.05) is 13.1 Å². The molecule has 0 spiro atoms. The summed E-state index contributed by atoms with van der Waals surface area (Å²) in [7, 11) is 0. The Morgan fingerprint density at radius 2 is 2.29 bits per heavy atom. The highest BCUT2D eigenvalue weighted by Gasteiger charge is 2.22. The summed E-state index contributed by atoms with van der Waals surface area (Å²) in [5, 5.41) is 3.54. The largest absolute Gasteiger partial charge is 0.309 e. The van der Waals surface area contributed by atoms with Crippen LogP contribution < -0.4 is 5.32 Å². The Balaban J connectivity index is 1.89. The van der Waals surface area contributed by atoms with E-state index in [1.54, 1.807) is 0 Å². The van der Waals surface area contributed by atoms with E-state index in [0.29, 0.717) is 0 Å². The third kappa shape index (κ3) is 5.04.